The molecule has 0 radical (unpaired) electrons. The first-order valence-corrected chi connectivity index (χ1v) is 2.65. The average molecular weight is 134 g/mol. The van der Waals surface area contributed by atoms with E-state index in [4.69, 9.17) is 0 Å². The first kappa shape index (κ1) is 8.36. The van der Waals surface area contributed by atoms with Gasteiger partial charge in [-0.05, 0) is 7.05 Å². The summed E-state index contributed by atoms with van der Waals surface area (Å²) < 4.78 is 11.6. The topological polar surface area (TPSA) is 32.3 Å². The second kappa shape index (κ2) is 4.26. The Balaban J connectivity index is 3.34. The van der Waals surface area contributed by atoms with E-state index in [1.165, 1.54) is 19.0 Å². The molecule has 0 fully saturated rings. The second-order valence-electron chi connectivity index (χ2n) is 1.81. The molecule has 0 aliphatic rings. The van der Waals surface area contributed by atoms with Crippen molar-refractivity contribution in [2.75, 3.05) is 27.4 Å². The van der Waals surface area contributed by atoms with Crippen molar-refractivity contribution in [1.82, 2.24) is 10.2 Å². The highest BCUT2D eigenvalue weighted by atomic mass is 19.1. The fourth-order valence-corrected chi connectivity index (χ4v) is 0.366. The second-order valence-corrected chi connectivity index (χ2v) is 1.81. The van der Waals surface area contributed by atoms with Crippen molar-refractivity contribution >= 4 is 5.91 Å². The van der Waals surface area contributed by atoms with Crippen molar-refractivity contribution in [2.24, 2.45) is 0 Å². The Hall–Kier alpha value is -0.640. The fraction of sp³-hybridized carbons (Fsp3) is 0.800. The molecule has 0 aromatic heterocycles. The van der Waals surface area contributed by atoms with Gasteiger partial charge < -0.3 is 5.32 Å². The van der Waals surface area contributed by atoms with Gasteiger partial charge in [-0.1, -0.05) is 0 Å². The first-order chi connectivity index (χ1) is 4.20. The van der Waals surface area contributed by atoms with Crippen LogP contribution < -0.4 is 5.32 Å². The van der Waals surface area contributed by atoms with Gasteiger partial charge in [0.25, 0.3) is 0 Å². The molecule has 54 valence electrons. The number of alkyl halides is 1. The van der Waals surface area contributed by atoms with Crippen LogP contribution in [-0.4, -0.2) is 38.2 Å². The zero-order valence-corrected chi connectivity index (χ0v) is 5.65. The van der Waals surface area contributed by atoms with Crippen molar-refractivity contribution < 1.29 is 9.18 Å². The number of amides is 1. The minimum Gasteiger partial charge on any atom is -0.358 e. The molecule has 1 N–H and O–H groups in total. The van der Waals surface area contributed by atoms with Crippen molar-refractivity contribution in [3.05, 3.63) is 0 Å². The van der Waals surface area contributed by atoms with E-state index in [0.29, 0.717) is 0 Å². The molecule has 0 atom stereocenters. The molecule has 0 saturated heterocycles. The van der Waals surface area contributed by atoms with Crippen LogP contribution in [0.5, 0.6) is 0 Å². The van der Waals surface area contributed by atoms with Crippen molar-refractivity contribution in [1.29, 1.82) is 0 Å². The SMILES string of the molecule is CNC(=O)CN(C)CF. The van der Waals surface area contributed by atoms with Gasteiger partial charge in [-0.3, -0.25) is 9.69 Å². The molecule has 0 heterocycles. The van der Waals surface area contributed by atoms with Crippen molar-refractivity contribution in [3.8, 4) is 0 Å². The molecule has 0 aliphatic heterocycles. The lowest BCUT2D eigenvalue weighted by molar-refractivity contribution is -0.121. The molecule has 0 saturated carbocycles. The van der Waals surface area contributed by atoms with Crippen LogP contribution in [0.3, 0.4) is 0 Å². The summed E-state index contributed by atoms with van der Waals surface area (Å²) in [7, 11) is 3.06. The monoisotopic (exact) mass is 134 g/mol. The summed E-state index contributed by atoms with van der Waals surface area (Å²) in [5, 5.41) is 2.38. The van der Waals surface area contributed by atoms with E-state index in [0.717, 1.165) is 0 Å². The lowest BCUT2D eigenvalue weighted by atomic mass is 10.5. The maximum absolute atomic E-state index is 11.6. The van der Waals surface area contributed by atoms with E-state index in [-0.39, 0.29) is 12.5 Å². The molecule has 4 heteroatoms. The third kappa shape index (κ3) is 3.90. The third-order valence-corrected chi connectivity index (χ3v) is 0.896. The van der Waals surface area contributed by atoms with Crippen LogP contribution >= 0.6 is 0 Å². The van der Waals surface area contributed by atoms with Gasteiger partial charge in [0, 0.05) is 7.05 Å². The standard InChI is InChI=1S/C5H11FN2O/c1-7-5(9)3-8(2)4-6/h3-4H2,1-2H3,(H,7,9). The Bertz CT molecular complexity index is 97.0. The largest absolute Gasteiger partial charge is 0.358 e. The van der Waals surface area contributed by atoms with Crippen LogP contribution in [0.25, 0.3) is 0 Å². The molecular formula is C5H11FN2O. The predicted molar refractivity (Wildman–Crippen MR) is 32.7 cm³/mol. The smallest absolute Gasteiger partial charge is 0.233 e. The van der Waals surface area contributed by atoms with Crippen LogP contribution in [0.2, 0.25) is 0 Å². The molecule has 0 rings (SSSR count). The number of rotatable bonds is 3. The zero-order valence-electron chi connectivity index (χ0n) is 5.65. The molecule has 0 unspecified atom stereocenters. The number of hydrogen-bond donors (Lipinski definition) is 1. The van der Waals surface area contributed by atoms with Crippen LogP contribution in [0.15, 0.2) is 0 Å². The van der Waals surface area contributed by atoms with Crippen LogP contribution in [0.4, 0.5) is 4.39 Å². The summed E-state index contributed by atoms with van der Waals surface area (Å²) in [4.78, 5) is 11.7. The molecule has 0 aromatic carbocycles. The first-order valence-electron chi connectivity index (χ1n) is 2.65. The molecule has 3 nitrogen and oxygen atoms in total. The molecule has 0 spiro atoms. The Kier molecular flexibility index (Phi) is 3.96. The quantitative estimate of drug-likeness (QED) is 0.532. The summed E-state index contributed by atoms with van der Waals surface area (Å²) >= 11 is 0. The maximum Gasteiger partial charge on any atom is 0.233 e. The van der Waals surface area contributed by atoms with E-state index in [2.05, 4.69) is 5.32 Å². The maximum atomic E-state index is 11.6. The number of nitrogens with one attached hydrogen (secondary N) is 1. The lowest BCUT2D eigenvalue weighted by Gasteiger charge is -2.08. The van der Waals surface area contributed by atoms with E-state index in [9.17, 15) is 9.18 Å². The minimum absolute atomic E-state index is 0.118. The number of nitrogens with zero attached hydrogens (tertiary/aromatic N) is 1. The van der Waals surface area contributed by atoms with Gasteiger partial charge in [0.15, 0.2) is 0 Å². The Morgan fingerprint density at radius 1 is 1.78 bits per heavy atom. The molecule has 0 aliphatic carbocycles. The van der Waals surface area contributed by atoms with Crippen LogP contribution in [-0.2, 0) is 4.79 Å². The van der Waals surface area contributed by atoms with Gasteiger partial charge >= 0.3 is 0 Å². The number of halogens is 1. The van der Waals surface area contributed by atoms with E-state index in [1.54, 1.807) is 0 Å². The van der Waals surface area contributed by atoms with Crippen LogP contribution in [0.1, 0.15) is 0 Å². The van der Waals surface area contributed by atoms with Gasteiger partial charge in [0.05, 0.1) is 6.54 Å². The summed E-state index contributed by atoms with van der Waals surface area (Å²) in [5.74, 6) is -0.171. The van der Waals surface area contributed by atoms with Crippen LogP contribution in [0, 0.1) is 0 Å². The molecule has 0 aromatic rings. The Morgan fingerprint density at radius 2 is 2.33 bits per heavy atom. The summed E-state index contributed by atoms with van der Waals surface area (Å²) in [6, 6.07) is 0. The highest BCUT2D eigenvalue weighted by Crippen LogP contribution is 1.79. The number of carbonyl (C=O) groups excluding carboxylic acids is 1. The van der Waals surface area contributed by atoms with Crippen molar-refractivity contribution in [3.63, 3.8) is 0 Å². The predicted octanol–water partition coefficient (Wildman–Crippen LogP) is -0.409. The minimum atomic E-state index is -0.590. The zero-order chi connectivity index (χ0) is 7.28. The van der Waals surface area contributed by atoms with Gasteiger partial charge in [-0.25, -0.2) is 4.39 Å². The third-order valence-electron chi connectivity index (χ3n) is 0.896. The molecule has 9 heavy (non-hydrogen) atoms. The fourth-order valence-electron chi connectivity index (χ4n) is 0.366. The summed E-state index contributed by atoms with van der Waals surface area (Å²) in [6.45, 7) is -0.472. The normalized spacial score (nSPS) is 9.78. The number of hydrogen-bond acceptors (Lipinski definition) is 2. The van der Waals surface area contributed by atoms with Gasteiger partial charge in [0.2, 0.25) is 5.91 Å². The average Bonchev–Trinajstić information content (AvgIpc) is 1.87. The molecular weight excluding hydrogens is 123 g/mol. The molecule has 0 bridgehead atoms. The summed E-state index contributed by atoms with van der Waals surface area (Å²) in [6.07, 6.45) is 0. The summed E-state index contributed by atoms with van der Waals surface area (Å²) in [5.41, 5.74) is 0. The highest BCUT2D eigenvalue weighted by molar-refractivity contribution is 5.77. The molecule has 1 amide bonds. The van der Waals surface area contributed by atoms with E-state index >= 15 is 0 Å². The van der Waals surface area contributed by atoms with Gasteiger partial charge in [-0.15, -0.1) is 0 Å². The highest BCUT2D eigenvalue weighted by Gasteiger charge is 2.01. The Morgan fingerprint density at radius 3 is 2.67 bits per heavy atom. The Labute approximate surface area is 53.8 Å². The number of carbonyl (C=O) groups is 1. The van der Waals surface area contributed by atoms with E-state index in [1.807, 2.05) is 0 Å². The number of likely N-dealkylation sites (N-methyl/N-ethyl adjacent to an activating group) is 2. The lowest BCUT2D eigenvalue weighted by Crippen LogP contribution is -2.32. The van der Waals surface area contributed by atoms with Gasteiger partial charge in [0.1, 0.15) is 6.80 Å². The van der Waals surface area contributed by atoms with Crippen molar-refractivity contribution in [2.45, 2.75) is 0 Å². The van der Waals surface area contributed by atoms with Gasteiger partial charge in [-0.2, -0.15) is 0 Å². The van der Waals surface area contributed by atoms with E-state index < -0.39 is 6.80 Å².